The number of benzene rings is 2. The molecule has 0 atom stereocenters. The summed E-state index contributed by atoms with van der Waals surface area (Å²) in [4.78, 5) is 17.5. The number of carbonyl (C=O) groups excluding carboxylic acids is 1. The van der Waals surface area contributed by atoms with Crippen molar-refractivity contribution in [1.82, 2.24) is 9.29 Å². The smallest absolute Gasteiger partial charge is 0.250 e. The number of sulfonamides is 1. The van der Waals surface area contributed by atoms with Gasteiger partial charge in [-0.3, -0.25) is 4.79 Å². The number of primary amides is 1. The van der Waals surface area contributed by atoms with Crippen molar-refractivity contribution in [3.05, 3.63) is 59.3 Å². The quantitative estimate of drug-likeness (QED) is 0.578. The lowest BCUT2D eigenvalue weighted by atomic mass is 9.89. The number of fused-ring (bicyclic) bond motifs is 1. The van der Waals surface area contributed by atoms with Gasteiger partial charge in [0.1, 0.15) is 0 Å². The lowest BCUT2D eigenvalue weighted by Crippen LogP contribution is -2.38. The van der Waals surface area contributed by atoms with Crippen LogP contribution in [0.5, 0.6) is 0 Å². The third-order valence-electron chi connectivity index (χ3n) is 6.03. The molecule has 31 heavy (non-hydrogen) atoms. The molecule has 3 N–H and O–H groups in total. The third-order valence-corrected chi connectivity index (χ3v) is 9.06. The van der Waals surface area contributed by atoms with Crippen molar-refractivity contribution in [3.63, 3.8) is 0 Å². The van der Waals surface area contributed by atoms with Gasteiger partial charge in [-0.1, -0.05) is 30.0 Å². The summed E-state index contributed by atoms with van der Waals surface area (Å²) in [5.41, 5.74) is 9.22. The predicted molar refractivity (Wildman–Crippen MR) is 125 cm³/mol. The molecular weight excluding hydrogens is 430 g/mol. The van der Waals surface area contributed by atoms with Crippen molar-refractivity contribution in [1.29, 1.82) is 0 Å². The van der Waals surface area contributed by atoms with Gasteiger partial charge in [0, 0.05) is 34.5 Å². The molecule has 2 aromatic carbocycles. The van der Waals surface area contributed by atoms with Gasteiger partial charge in [0.05, 0.1) is 16.8 Å². The molecule has 0 bridgehead atoms. The molecule has 2 heterocycles. The van der Waals surface area contributed by atoms with Gasteiger partial charge in [-0.15, -0.1) is 0 Å². The Labute approximate surface area is 187 Å². The maximum absolute atomic E-state index is 12.2. The van der Waals surface area contributed by atoms with Crippen LogP contribution in [0.25, 0.3) is 10.9 Å². The Balaban J connectivity index is 1.69. The van der Waals surface area contributed by atoms with Crippen molar-refractivity contribution < 1.29 is 13.2 Å². The van der Waals surface area contributed by atoms with E-state index in [-0.39, 0.29) is 11.7 Å². The normalized spacial score (nSPS) is 16.1. The SMILES string of the molecule is CCS(=O)(=O)N1CCC(c2c[nH]c3c(C(N)=O)cc(Sc4ccccc4C)cc23)CC1. The Kier molecular flexibility index (Phi) is 6.14. The molecule has 8 heteroatoms. The van der Waals surface area contributed by atoms with Crippen LogP contribution in [0.1, 0.15) is 47.2 Å². The lowest BCUT2D eigenvalue weighted by molar-refractivity contribution is 0.100. The topological polar surface area (TPSA) is 96.3 Å². The lowest BCUT2D eigenvalue weighted by Gasteiger charge is -2.31. The first-order valence-corrected chi connectivity index (χ1v) is 12.9. The second kappa shape index (κ2) is 8.68. The number of piperidine rings is 1. The number of nitrogens with two attached hydrogens (primary N) is 1. The van der Waals surface area contributed by atoms with Crippen LogP contribution in [-0.4, -0.2) is 42.5 Å². The molecular formula is C23H27N3O3S2. The minimum absolute atomic E-state index is 0.131. The van der Waals surface area contributed by atoms with E-state index in [2.05, 4.69) is 30.1 Å². The van der Waals surface area contributed by atoms with E-state index >= 15 is 0 Å². The number of aryl methyl sites for hydroxylation is 1. The van der Waals surface area contributed by atoms with Gasteiger partial charge in [0.25, 0.3) is 5.91 Å². The largest absolute Gasteiger partial charge is 0.366 e. The molecule has 1 amide bonds. The maximum Gasteiger partial charge on any atom is 0.250 e. The molecule has 4 rings (SSSR count). The van der Waals surface area contributed by atoms with Crippen LogP contribution < -0.4 is 5.73 Å². The summed E-state index contributed by atoms with van der Waals surface area (Å²) in [6.07, 6.45) is 3.47. The van der Waals surface area contributed by atoms with E-state index in [1.165, 1.54) is 5.56 Å². The number of nitrogens with one attached hydrogen (secondary N) is 1. The molecule has 1 fully saturated rings. The van der Waals surface area contributed by atoms with Gasteiger partial charge in [-0.05, 0) is 61.9 Å². The number of hydrogen-bond acceptors (Lipinski definition) is 4. The average Bonchev–Trinajstić information content (AvgIpc) is 3.18. The van der Waals surface area contributed by atoms with Gasteiger partial charge in [-0.2, -0.15) is 0 Å². The number of aromatic nitrogens is 1. The fourth-order valence-corrected chi connectivity index (χ4v) is 6.36. The van der Waals surface area contributed by atoms with Crippen molar-refractivity contribution in [2.24, 2.45) is 5.73 Å². The predicted octanol–water partition coefficient (Wildman–Crippen LogP) is 4.26. The molecule has 0 unspecified atom stereocenters. The zero-order valence-electron chi connectivity index (χ0n) is 17.7. The summed E-state index contributed by atoms with van der Waals surface area (Å²) in [5, 5.41) is 0.990. The number of amides is 1. The number of carbonyl (C=O) groups is 1. The molecule has 0 spiro atoms. The van der Waals surface area contributed by atoms with Gasteiger partial charge < -0.3 is 10.7 Å². The summed E-state index contributed by atoms with van der Waals surface area (Å²) in [7, 11) is -3.16. The Morgan fingerprint density at radius 3 is 2.58 bits per heavy atom. The molecule has 0 radical (unpaired) electrons. The van der Waals surface area contributed by atoms with Gasteiger partial charge in [-0.25, -0.2) is 12.7 Å². The Hall–Kier alpha value is -2.29. The number of hydrogen-bond donors (Lipinski definition) is 2. The second-order valence-corrected chi connectivity index (χ2v) is 11.3. The standard InChI is InChI=1S/C23H27N3O3S2/c1-3-31(28,29)26-10-8-16(9-11-26)20-14-25-22-18(20)12-17(13-19(22)23(24)27)30-21-7-5-4-6-15(21)2/h4-7,12-14,16,25H,3,8-11H2,1-2H3,(H2,24,27). The van der Waals surface area contributed by atoms with Crippen LogP contribution in [0, 0.1) is 6.92 Å². The van der Waals surface area contributed by atoms with Gasteiger partial charge in [0.2, 0.25) is 10.0 Å². The van der Waals surface area contributed by atoms with Crippen LogP contribution >= 0.6 is 11.8 Å². The summed E-state index contributed by atoms with van der Waals surface area (Å²) in [6.45, 7) is 4.79. The Morgan fingerprint density at radius 2 is 1.94 bits per heavy atom. The molecule has 1 aromatic heterocycles. The van der Waals surface area contributed by atoms with E-state index in [4.69, 9.17) is 5.73 Å². The Bertz CT molecular complexity index is 1230. The van der Waals surface area contributed by atoms with Gasteiger partial charge >= 0.3 is 0 Å². The summed E-state index contributed by atoms with van der Waals surface area (Å²) in [5.74, 6) is -0.0994. The van der Waals surface area contributed by atoms with Crippen LogP contribution in [0.15, 0.2) is 52.4 Å². The van der Waals surface area contributed by atoms with E-state index in [1.54, 1.807) is 23.0 Å². The first-order chi connectivity index (χ1) is 14.8. The number of rotatable bonds is 6. The van der Waals surface area contributed by atoms with Crippen LogP contribution in [0.2, 0.25) is 0 Å². The summed E-state index contributed by atoms with van der Waals surface area (Å²) < 4.78 is 26.0. The number of nitrogens with zero attached hydrogens (tertiary/aromatic N) is 1. The third kappa shape index (κ3) is 4.37. The van der Waals surface area contributed by atoms with Crippen molar-refractivity contribution in [3.8, 4) is 0 Å². The molecule has 6 nitrogen and oxygen atoms in total. The van der Waals surface area contributed by atoms with Crippen LogP contribution in [-0.2, 0) is 10.0 Å². The van der Waals surface area contributed by atoms with Crippen LogP contribution in [0.4, 0.5) is 0 Å². The molecule has 0 aliphatic carbocycles. The molecule has 1 saturated heterocycles. The van der Waals surface area contributed by atoms with E-state index < -0.39 is 15.9 Å². The van der Waals surface area contributed by atoms with Crippen molar-refractivity contribution >= 4 is 38.6 Å². The van der Waals surface area contributed by atoms with E-state index in [0.29, 0.717) is 18.7 Å². The average molecular weight is 458 g/mol. The van der Waals surface area contributed by atoms with E-state index in [1.807, 2.05) is 24.4 Å². The fourth-order valence-electron chi connectivity index (χ4n) is 4.24. The number of aromatic amines is 1. The molecule has 0 saturated carbocycles. The molecule has 1 aliphatic heterocycles. The van der Waals surface area contributed by atoms with E-state index in [0.717, 1.165) is 39.1 Å². The monoisotopic (exact) mass is 457 g/mol. The second-order valence-electron chi connectivity index (χ2n) is 7.94. The minimum Gasteiger partial charge on any atom is -0.366 e. The molecule has 1 aliphatic rings. The van der Waals surface area contributed by atoms with Crippen molar-refractivity contribution in [2.45, 2.75) is 42.4 Å². The zero-order valence-corrected chi connectivity index (χ0v) is 19.4. The minimum atomic E-state index is -3.16. The Morgan fingerprint density at radius 1 is 1.23 bits per heavy atom. The highest BCUT2D eigenvalue weighted by Crippen LogP contribution is 2.39. The molecule has 164 valence electrons. The van der Waals surface area contributed by atoms with Crippen molar-refractivity contribution in [2.75, 3.05) is 18.8 Å². The van der Waals surface area contributed by atoms with E-state index in [9.17, 15) is 13.2 Å². The first kappa shape index (κ1) is 21.9. The highest BCUT2D eigenvalue weighted by atomic mass is 32.2. The molecule has 3 aromatic rings. The van der Waals surface area contributed by atoms with Crippen LogP contribution in [0.3, 0.4) is 0 Å². The number of H-pyrrole nitrogens is 1. The maximum atomic E-state index is 12.2. The summed E-state index contributed by atoms with van der Waals surface area (Å²) in [6, 6.07) is 12.1. The highest BCUT2D eigenvalue weighted by molar-refractivity contribution is 7.99. The van der Waals surface area contributed by atoms with Gasteiger partial charge in [0.15, 0.2) is 0 Å². The highest BCUT2D eigenvalue weighted by Gasteiger charge is 2.29. The first-order valence-electron chi connectivity index (χ1n) is 10.5. The summed E-state index contributed by atoms with van der Waals surface area (Å²) >= 11 is 1.62. The fraction of sp³-hybridized carbons (Fsp3) is 0.348. The zero-order chi connectivity index (χ0) is 22.2.